The van der Waals surface area contributed by atoms with Crippen LogP contribution in [0.2, 0.25) is 0 Å². The standard InChI is InChI=1S/C26H20FN7O2S/c27-23-16-30-26(33-25(23)31-20-9-10-22-17(11-12-28)15-29-24(22)14-20)32-19-7-4-8-21(13-19)37(35,36)34-18-5-2-1-3-6-18/h1-10,13-16,29,34H,11H2,(H2,30,31,32,33). The molecule has 0 saturated carbocycles. The molecule has 0 fully saturated rings. The minimum atomic E-state index is -3.83. The quantitative estimate of drug-likeness (QED) is 0.217. The van der Waals surface area contributed by atoms with Gasteiger partial charge in [-0.3, -0.25) is 4.72 Å². The van der Waals surface area contributed by atoms with Crippen LogP contribution in [0.1, 0.15) is 5.56 Å². The van der Waals surface area contributed by atoms with Gasteiger partial charge in [-0.05, 0) is 48.0 Å². The van der Waals surface area contributed by atoms with Gasteiger partial charge in [-0.2, -0.15) is 10.2 Å². The van der Waals surface area contributed by atoms with Crippen molar-refractivity contribution in [3.05, 3.63) is 96.6 Å². The summed E-state index contributed by atoms with van der Waals surface area (Å²) >= 11 is 0. The van der Waals surface area contributed by atoms with Gasteiger partial charge in [0.25, 0.3) is 10.0 Å². The Kier molecular flexibility index (Phi) is 6.40. The van der Waals surface area contributed by atoms with E-state index in [1.807, 2.05) is 6.07 Å². The van der Waals surface area contributed by atoms with Gasteiger partial charge in [0, 0.05) is 34.2 Å². The van der Waals surface area contributed by atoms with Gasteiger partial charge in [0.05, 0.1) is 23.6 Å². The number of sulfonamides is 1. The van der Waals surface area contributed by atoms with Gasteiger partial charge in [0.15, 0.2) is 11.6 Å². The van der Waals surface area contributed by atoms with Gasteiger partial charge in [0.2, 0.25) is 5.95 Å². The van der Waals surface area contributed by atoms with E-state index in [9.17, 15) is 12.8 Å². The van der Waals surface area contributed by atoms with E-state index in [0.717, 1.165) is 22.7 Å². The maximum absolute atomic E-state index is 14.5. The molecule has 2 aromatic heterocycles. The van der Waals surface area contributed by atoms with E-state index in [-0.39, 0.29) is 23.1 Å². The molecule has 184 valence electrons. The summed E-state index contributed by atoms with van der Waals surface area (Å²) in [4.78, 5) is 11.3. The first-order chi connectivity index (χ1) is 17.9. The number of benzene rings is 3. The second-order valence-corrected chi connectivity index (χ2v) is 9.73. The van der Waals surface area contributed by atoms with Gasteiger partial charge in [-0.25, -0.2) is 17.8 Å². The smallest absolute Gasteiger partial charge is 0.261 e. The van der Waals surface area contributed by atoms with Crippen LogP contribution in [-0.2, 0) is 16.4 Å². The molecule has 11 heteroatoms. The first-order valence-electron chi connectivity index (χ1n) is 11.1. The second-order valence-electron chi connectivity index (χ2n) is 8.05. The van der Waals surface area contributed by atoms with Crippen molar-refractivity contribution >= 4 is 49.8 Å². The van der Waals surface area contributed by atoms with E-state index < -0.39 is 15.8 Å². The molecule has 0 aliphatic rings. The van der Waals surface area contributed by atoms with E-state index in [1.54, 1.807) is 60.8 Å². The number of nitriles is 1. The maximum Gasteiger partial charge on any atom is 0.261 e. The van der Waals surface area contributed by atoms with Crippen LogP contribution in [0.4, 0.5) is 33.2 Å². The van der Waals surface area contributed by atoms with Crippen molar-refractivity contribution < 1.29 is 12.8 Å². The van der Waals surface area contributed by atoms with Crippen LogP contribution in [0, 0.1) is 17.1 Å². The zero-order valence-electron chi connectivity index (χ0n) is 19.2. The van der Waals surface area contributed by atoms with Crippen molar-refractivity contribution in [2.75, 3.05) is 15.4 Å². The Balaban J connectivity index is 1.35. The van der Waals surface area contributed by atoms with Crippen molar-refractivity contribution in [1.29, 1.82) is 5.26 Å². The minimum absolute atomic E-state index is 0.0387. The third-order valence-electron chi connectivity index (χ3n) is 5.47. The van der Waals surface area contributed by atoms with Crippen LogP contribution in [0.25, 0.3) is 10.9 Å². The Bertz CT molecular complexity index is 1730. The summed E-state index contributed by atoms with van der Waals surface area (Å²) in [7, 11) is -3.83. The molecule has 0 radical (unpaired) electrons. The lowest BCUT2D eigenvalue weighted by molar-refractivity contribution is 0.601. The highest BCUT2D eigenvalue weighted by molar-refractivity contribution is 7.92. The number of hydrogen-bond acceptors (Lipinski definition) is 7. The normalized spacial score (nSPS) is 11.1. The molecule has 0 saturated heterocycles. The number of fused-ring (bicyclic) bond motifs is 1. The lowest BCUT2D eigenvalue weighted by Crippen LogP contribution is -2.13. The van der Waals surface area contributed by atoms with Gasteiger partial charge >= 0.3 is 0 Å². The number of anilines is 5. The Morgan fingerprint density at radius 3 is 2.54 bits per heavy atom. The van der Waals surface area contributed by atoms with Crippen molar-refractivity contribution in [3.8, 4) is 6.07 Å². The molecule has 3 aromatic carbocycles. The van der Waals surface area contributed by atoms with Gasteiger partial charge in [-0.15, -0.1) is 0 Å². The molecule has 0 atom stereocenters. The number of nitrogens with one attached hydrogen (secondary N) is 4. The SMILES string of the molecule is N#CCc1c[nH]c2cc(Nc3nc(Nc4cccc(S(=O)(=O)Nc5ccccc5)c4)ncc3F)ccc12. The first kappa shape index (κ1) is 23.8. The van der Waals surface area contributed by atoms with Gasteiger partial charge in [-0.1, -0.05) is 30.3 Å². The van der Waals surface area contributed by atoms with Crippen molar-refractivity contribution in [1.82, 2.24) is 15.0 Å². The summed E-state index contributed by atoms with van der Waals surface area (Å²) in [5, 5.41) is 15.7. The van der Waals surface area contributed by atoms with Gasteiger partial charge < -0.3 is 15.6 Å². The second kappa shape index (κ2) is 9.96. The fourth-order valence-electron chi connectivity index (χ4n) is 3.74. The minimum Gasteiger partial charge on any atom is -0.361 e. The third kappa shape index (κ3) is 5.34. The van der Waals surface area contributed by atoms with Crippen LogP contribution in [0.3, 0.4) is 0 Å². The molecule has 5 aromatic rings. The highest BCUT2D eigenvalue weighted by atomic mass is 32.2. The number of aromatic amines is 1. The topological polar surface area (TPSA) is 136 Å². The summed E-state index contributed by atoms with van der Waals surface area (Å²) < 4.78 is 42.6. The lowest BCUT2D eigenvalue weighted by atomic mass is 10.1. The number of para-hydroxylation sites is 1. The summed E-state index contributed by atoms with van der Waals surface area (Å²) in [6.45, 7) is 0. The van der Waals surface area contributed by atoms with Crippen molar-refractivity contribution in [3.63, 3.8) is 0 Å². The molecule has 0 bridgehead atoms. The number of halogens is 1. The van der Waals surface area contributed by atoms with Gasteiger partial charge in [0.1, 0.15) is 0 Å². The van der Waals surface area contributed by atoms with E-state index in [1.165, 1.54) is 12.1 Å². The molecule has 37 heavy (non-hydrogen) atoms. The molecule has 0 spiro atoms. The van der Waals surface area contributed by atoms with Crippen LogP contribution >= 0.6 is 0 Å². The summed E-state index contributed by atoms with van der Waals surface area (Å²) in [6.07, 6.45) is 3.08. The summed E-state index contributed by atoms with van der Waals surface area (Å²) in [6, 6.07) is 22.2. The average molecular weight is 514 g/mol. The zero-order chi connectivity index (χ0) is 25.8. The molecule has 4 N–H and O–H groups in total. The molecular formula is C26H20FN7O2S. The summed E-state index contributed by atoms with van der Waals surface area (Å²) in [5.74, 6) is -0.646. The van der Waals surface area contributed by atoms with E-state index in [4.69, 9.17) is 5.26 Å². The van der Waals surface area contributed by atoms with E-state index in [0.29, 0.717) is 17.1 Å². The van der Waals surface area contributed by atoms with Crippen molar-refractivity contribution in [2.45, 2.75) is 11.3 Å². The Labute approximate surface area is 212 Å². The van der Waals surface area contributed by atoms with Crippen LogP contribution < -0.4 is 15.4 Å². The maximum atomic E-state index is 14.5. The molecule has 0 unspecified atom stereocenters. The summed E-state index contributed by atoms with van der Waals surface area (Å²) in [5.41, 5.74) is 3.11. The number of H-pyrrole nitrogens is 1. The monoisotopic (exact) mass is 513 g/mol. The fraction of sp³-hybridized carbons (Fsp3) is 0.0385. The largest absolute Gasteiger partial charge is 0.361 e. The average Bonchev–Trinajstić information content (AvgIpc) is 3.29. The molecule has 0 amide bonds. The lowest BCUT2D eigenvalue weighted by Gasteiger charge is -2.11. The number of nitrogens with zero attached hydrogens (tertiary/aromatic N) is 3. The molecule has 2 heterocycles. The fourth-order valence-corrected chi connectivity index (χ4v) is 4.84. The Morgan fingerprint density at radius 1 is 0.946 bits per heavy atom. The van der Waals surface area contributed by atoms with Crippen LogP contribution in [0.5, 0.6) is 0 Å². The van der Waals surface area contributed by atoms with Crippen LogP contribution in [-0.4, -0.2) is 23.4 Å². The molecule has 9 nitrogen and oxygen atoms in total. The number of hydrogen-bond donors (Lipinski definition) is 4. The highest BCUT2D eigenvalue weighted by Gasteiger charge is 2.15. The third-order valence-corrected chi connectivity index (χ3v) is 6.85. The Hall–Kier alpha value is -4.95. The molecule has 0 aliphatic carbocycles. The highest BCUT2D eigenvalue weighted by Crippen LogP contribution is 2.26. The predicted octanol–water partition coefficient (Wildman–Crippen LogP) is 5.45. The van der Waals surface area contributed by atoms with E-state index >= 15 is 0 Å². The molecular weight excluding hydrogens is 493 g/mol. The zero-order valence-corrected chi connectivity index (χ0v) is 20.1. The van der Waals surface area contributed by atoms with Crippen molar-refractivity contribution in [2.24, 2.45) is 0 Å². The number of aromatic nitrogens is 3. The van der Waals surface area contributed by atoms with Crippen LogP contribution in [0.15, 0.2) is 90.1 Å². The molecule has 5 rings (SSSR count). The predicted molar refractivity (Wildman–Crippen MR) is 140 cm³/mol. The first-order valence-corrected chi connectivity index (χ1v) is 12.6. The van der Waals surface area contributed by atoms with E-state index in [2.05, 4.69) is 36.4 Å². The Morgan fingerprint density at radius 2 is 1.73 bits per heavy atom. The molecule has 0 aliphatic heterocycles. The number of rotatable bonds is 8.